The van der Waals surface area contributed by atoms with E-state index < -0.39 is 23.7 Å². The summed E-state index contributed by atoms with van der Waals surface area (Å²) < 4.78 is 11.8. The summed E-state index contributed by atoms with van der Waals surface area (Å²) in [7, 11) is 0. The predicted octanol–water partition coefficient (Wildman–Crippen LogP) is 4.92. The van der Waals surface area contributed by atoms with Gasteiger partial charge in [-0.15, -0.1) is 0 Å². The molecule has 0 spiro atoms. The van der Waals surface area contributed by atoms with Gasteiger partial charge in [0, 0.05) is 18.7 Å². The average Bonchev–Trinajstić information content (AvgIpc) is 3.47. The lowest BCUT2D eigenvalue weighted by molar-refractivity contribution is -0.141. The number of nitrogens with zero attached hydrogens (tertiary/aromatic N) is 1. The highest BCUT2D eigenvalue weighted by Crippen LogP contribution is 2.40. The van der Waals surface area contributed by atoms with Crippen molar-refractivity contribution < 1.29 is 23.9 Å². The van der Waals surface area contributed by atoms with Gasteiger partial charge in [-0.05, 0) is 49.6 Å². The van der Waals surface area contributed by atoms with Gasteiger partial charge in [0.15, 0.2) is 5.78 Å². The number of ether oxygens (including phenoxy) is 2. The van der Waals surface area contributed by atoms with E-state index in [0.717, 1.165) is 18.4 Å². The molecule has 0 radical (unpaired) electrons. The van der Waals surface area contributed by atoms with Crippen LogP contribution < -0.4 is 4.74 Å². The van der Waals surface area contributed by atoms with Gasteiger partial charge in [0.1, 0.15) is 17.4 Å². The molecule has 3 unspecified atom stereocenters. The second kappa shape index (κ2) is 9.84. The Kier molecular flexibility index (Phi) is 6.47. The van der Waals surface area contributed by atoms with Crippen LogP contribution in [0.4, 0.5) is 0 Å². The molecule has 178 valence electrons. The van der Waals surface area contributed by atoms with E-state index in [-0.39, 0.29) is 18.4 Å². The molecule has 2 saturated heterocycles. The molecule has 2 fully saturated rings. The SMILES string of the molecule is Cc1ccc(C(=O)C2C(=O)C(=O)N(CC3CCCO3)C2c2cccc(Oc3ccccc3)c2)cc1. The van der Waals surface area contributed by atoms with Gasteiger partial charge in [0.25, 0.3) is 5.91 Å². The van der Waals surface area contributed by atoms with E-state index in [1.54, 1.807) is 12.1 Å². The lowest BCUT2D eigenvalue weighted by Gasteiger charge is -2.29. The summed E-state index contributed by atoms with van der Waals surface area (Å²) in [5, 5.41) is 0. The van der Waals surface area contributed by atoms with Gasteiger partial charge in [-0.25, -0.2) is 0 Å². The van der Waals surface area contributed by atoms with Gasteiger partial charge >= 0.3 is 0 Å². The molecule has 1 amide bonds. The molecule has 0 aromatic heterocycles. The summed E-state index contributed by atoms with van der Waals surface area (Å²) >= 11 is 0. The maximum atomic E-state index is 13.6. The second-order valence-electron chi connectivity index (χ2n) is 9.10. The Balaban J connectivity index is 1.52. The largest absolute Gasteiger partial charge is 0.457 e. The number of ketones is 2. The van der Waals surface area contributed by atoms with Crippen LogP contribution in [0.2, 0.25) is 0 Å². The molecule has 2 aliphatic heterocycles. The number of benzene rings is 3. The third kappa shape index (κ3) is 4.75. The summed E-state index contributed by atoms with van der Waals surface area (Å²) in [6.45, 7) is 2.84. The van der Waals surface area contributed by atoms with E-state index in [9.17, 15) is 14.4 Å². The first-order chi connectivity index (χ1) is 17.0. The smallest absolute Gasteiger partial charge is 0.291 e. The van der Waals surface area contributed by atoms with Crippen LogP contribution in [0.3, 0.4) is 0 Å². The van der Waals surface area contributed by atoms with Gasteiger partial charge < -0.3 is 14.4 Å². The number of amides is 1. The van der Waals surface area contributed by atoms with Crippen molar-refractivity contribution in [3.63, 3.8) is 0 Å². The highest BCUT2D eigenvalue weighted by atomic mass is 16.5. The van der Waals surface area contributed by atoms with Gasteiger partial charge in [-0.1, -0.05) is 60.2 Å². The van der Waals surface area contributed by atoms with Crippen LogP contribution in [0.1, 0.15) is 40.4 Å². The standard InChI is InChI=1S/C29H27NO5/c1-19-12-14-20(15-13-19)27(31)25-26(30(29(33)28(25)32)18-24-11-6-16-34-24)21-7-5-10-23(17-21)35-22-8-3-2-4-9-22/h2-5,7-10,12-15,17,24-26H,6,11,16,18H2,1H3. The minimum atomic E-state index is -1.13. The fourth-order valence-corrected chi connectivity index (χ4v) is 4.85. The molecule has 6 heteroatoms. The quantitative estimate of drug-likeness (QED) is 0.279. The van der Waals surface area contributed by atoms with Crippen molar-refractivity contribution in [2.45, 2.75) is 31.9 Å². The minimum Gasteiger partial charge on any atom is -0.457 e. The van der Waals surface area contributed by atoms with Crippen LogP contribution in [-0.4, -0.2) is 41.6 Å². The first-order valence-corrected chi connectivity index (χ1v) is 11.9. The molecule has 2 heterocycles. The molecule has 2 aliphatic rings. The zero-order valence-corrected chi connectivity index (χ0v) is 19.6. The highest BCUT2D eigenvalue weighted by molar-refractivity contribution is 6.44. The number of hydrogen-bond acceptors (Lipinski definition) is 5. The Morgan fingerprint density at radius 3 is 2.43 bits per heavy atom. The Hall–Kier alpha value is -3.77. The van der Waals surface area contributed by atoms with E-state index in [1.807, 2.05) is 73.7 Å². The Bertz CT molecular complexity index is 1230. The molecule has 0 aliphatic carbocycles. The molecular formula is C29H27NO5. The van der Waals surface area contributed by atoms with Gasteiger partial charge in [0.2, 0.25) is 5.78 Å². The minimum absolute atomic E-state index is 0.147. The third-order valence-corrected chi connectivity index (χ3v) is 6.63. The maximum absolute atomic E-state index is 13.6. The van der Waals surface area contributed by atoms with Crippen LogP contribution in [0.25, 0.3) is 0 Å². The van der Waals surface area contributed by atoms with Crippen molar-refractivity contribution in [1.82, 2.24) is 4.90 Å². The van der Waals surface area contributed by atoms with E-state index in [1.165, 1.54) is 4.90 Å². The fraction of sp³-hybridized carbons (Fsp3) is 0.276. The van der Waals surface area contributed by atoms with Crippen molar-refractivity contribution in [3.8, 4) is 11.5 Å². The number of rotatable bonds is 7. The van der Waals surface area contributed by atoms with E-state index >= 15 is 0 Å². The lowest BCUT2D eigenvalue weighted by atomic mass is 9.86. The summed E-state index contributed by atoms with van der Waals surface area (Å²) in [6, 6.07) is 23.0. The van der Waals surface area contributed by atoms with Crippen LogP contribution in [0.15, 0.2) is 78.9 Å². The molecule has 0 saturated carbocycles. The molecule has 0 N–H and O–H groups in total. The molecule has 0 bridgehead atoms. The monoisotopic (exact) mass is 469 g/mol. The van der Waals surface area contributed by atoms with E-state index in [2.05, 4.69) is 0 Å². The van der Waals surface area contributed by atoms with Crippen LogP contribution >= 0.6 is 0 Å². The number of hydrogen-bond donors (Lipinski definition) is 0. The topological polar surface area (TPSA) is 72.9 Å². The number of para-hydroxylation sites is 1. The van der Waals surface area contributed by atoms with Crippen LogP contribution in [-0.2, 0) is 14.3 Å². The average molecular weight is 470 g/mol. The van der Waals surface area contributed by atoms with Gasteiger partial charge in [-0.2, -0.15) is 0 Å². The molecule has 5 rings (SSSR count). The van der Waals surface area contributed by atoms with E-state index in [4.69, 9.17) is 9.47 Å². The first-order valence-electron chi connectivity index (χ1n) is 11.9. The predicted molar refractivity (Wildman–Crippen MR) is 130 cm³/mol. The van der Waals surface area contributed by atoms with Gasteiger partial charge in [-0.3, -0.25) is 14.4 Å². The third-order valence-electron chi connectivity index (χ3n) is 6.63. The number of carbonyl (C=O) groups excluding carboxylic acids is 3. The summed E-state index contributed by atoms with van der Waals surface area (Å²) in [6.07, 6.45) is 1.58. The molecule has 6 nitrogen and oxygen atoms in total. The van der Waals surface area contributed by atoms with E-state index in [0.29, 0.717) is 29.2 Å². The number of carbonyl (C=O) groups is 3. The van der Waals surface area contributed by atoms with Gasteiger partial charge in [0.05, 0.1) is 12.1 Å². The van der Waals surface area contributed by atoms with Crippen molar-refractivity contribution >= 4 is 17.5 Å². The molecule has 3 aromatic rings. The highest BCUT2D eigenvalue weighted by Gasteiger charge is 2.52. The maximum Gasteiger partial charge on any atom is 0.291 e. The normalized spacial score (nSPS) is 22.0. The summed E-state index contributed by atoms with van der Waals surface area (Å²) in [5.41, 5.74) is 2.11. The first kappa shape index (κ1) is 23.0. The van der Waals surface area contributed by atoms with Crippen molar-refractivity contribution in [2.75, 3.05) is 13.2 Å². The summed E-state index contributed by atoms with van der Waals surface area (Å²) in [5.74, 6) is -1.54. The van der Waals surface area contributed by atoms with Crippen molar-refractivity contribution in [1.29, 1.82) is 0 Å². The molecule has 3 atom stereocenters. The zero-order valence-electron chi connectivity index (χ0n) is 19.6. The Labute approximate surface area is 204 Å². The van der Waals surface area contributed by atoms with Crippen LogP contribution in [0.5, 0.6) is 11.5 Å². The Morgan fingerprint density at radius 1 is 0.971 bits per heavy atom. The number of aryl methyl sites for hydroxylation is 1. The van der Waals surface area contributed by atoms with Crippen molar-refractivity contribution in [3.05, 3.63) is 95.6 Å². The zero-order chi connectivity index (χ0) is 24.4. The molecule has 35 heavy (non-hydrogen) atoms. The lowest BCUT2D eigenvalue weighted by Crippen LogP contribution is -2.37. The number of Topliss-reactive ketones (excluding diaryl/α,β-unsaturated/α-hetero) is 2. The fourth-order valence-electron chi connectivity index (χ4n) is 4.85. The molecule has 3 aromatic carbocycles. The van der Waals surface area contributed by atoms with Crippen molar-refractivity contribution in [2.24, 2.45) is 5.92 Å². The number of likely N-dealkylation sites (tertiary alicyclic amines) is 1. The second-order valence-corrected chi connectivity index (χ2v) is 9.10. The van der Waals surface area contributed by atoms with Crippen LogP contribution in [0, 0.1) is 12.8 Å². The Morgan fingerprint density at radius 2 is 1.71 bits per heavy atom. The molecular weight excluding hydrogens is 442 g/mol. The summed E-state index contributed by atoms with van der Waals surface area (Å²) in [4.78, 5) is 41.6.